The van der Waals surface area contributed by atoms with Crippen molar-refractivity contribution in [1.82, 2.24) is 14.5 Å². The van der Waals surface area contributed by atoms with Gasteiger partial charge in [0.25, 0.3) is 5.85 Å². The Morgan fingerprint density at radius 2 is 1.89 bits per heavy atom. The third-order valence-corrected chi connectivity index (χ3v) is 8.25. The highest BCUT2D eigenvalue weighted by Crippen LogP contribution is 2.66. The zero-order chi connectivity index (χ0) is 26.4. The second kappa shape index (κ2) is 9.25. The number of nitrogens with zero attached hydrogens (tertiary/aromatic N) is 3. The molecular weight excluding hydrogens is 544 g/mol. The van der Waals surface area contributed by atoms with E-state index in [1.54, 1.807) is 0 Å². The molecule has 6 atom stereocenters. The Morgan fingerprint density at radius 3 is 2.49 bits per heavy atom. The van der Waals surface area contributed by atoms with E-state index < -0.39 is 53.9 Å². The number of phosphoric ester groups is 1. The van der Waals surface area contributed by atoms with Gasteiger partial charge in [-0.2, -0.15) is 8.62 Å². The highest BCUT2D eigenvalue weighted by Gasteiger charge is 2.65. The van der Waals surface area contributed by atoms with Crippen LogP contribution in [-0.4, -0.2) is 68.5 Å². The number of nitrogens with two attached hydrogens (primary N) is 1. The molecule has 0 saturated carbocycles. The number of nitrogen functional groups attached to an aromatic ring is 1. The number of aliphatic hydroxyl groups excluding tert-OH is 1. The summed E-state index contributed by atoms with van der Waals surface area (Å²) in [7, 11) is -17.3. The van der Waals surface area contributed by atoms with Gasteiger partial charge in [-0.25, -0.2) is 28.1 Å². The van der Waals surface area contributed by atoms with E-state index in [1.807, 2.05) is 0 Å². The van der Waals surface area contributed by atoms with Crippen molar-refractivity contribution in [3.05, 3.63) is 18.6 Å². The topological polar surface area (TPSA) is 266 Å². The van der Waals surface area contributed by atoms with E-state index in [9.17, 15) is 33.7 Å². The second-order valence-corrected chi connectivity index (χ2v) is 11.4. The van der Waals surface area contributed by atoms with Gasteiger partial charge >= 0.3 is 23.5 Å². The summed E-state index contributed by atoms with van der Waals surface area (Å²) in [6, 6.07) is 1.39. The molecule has 2 unspecified atom stereocenters. The van der Waals surface area contributed by atoms with Crippen LogP contribution in [0, 0.1) is 11.8 Å². The number of rotatable bonds is 8. The number of halogens is 1. The van der Waals surface area contributed by atoms with Crippen molar-refractivity contribution >= 4 is 40.3 Å². The minimum Gasteiger partial charge on any atom is -0.383 e. The van der Waals surface area contributed by atoms with Gasteiger partial charge in [-0.1, -0.05) is 5.92 Å². The molecule has 3 heterocycles. The van der Waals surface area contributed by atoms with E-state index in [-0.39, 0.29) is 16.9 Å². The van der Waals surface area contributed by atoms with E-state index in [1.165, 1.54) is 19.2 Å². The Morgan fingerprint density at radius 1 is 1.23 bits per heavy atom. The number of hydrogen-bond donors (Lipinski definition) is 7. The van der Waals surface area contributed by atoms with Crippen molar-refractivity contribution in [1.29, 1.82) is 0 Å². The van der Waals surface area contributed by atoms with Crippen LogP contribution in [0.3, 0.4) is 0 Å². The largest absolute Gasteiger partial charge is 0.490 e. The number of alkyl halides is 1. The van der Waals surface area contributed by atoms with Gasteiger partial charge < -0.3 is 44.8 Å². The molecular formula is C14H18FN4O13P3. The molecule has 17 nitrogen and oxygen atoms in total. The molecule has 1 aliphatic heterocycles. The van der Waals surface area contributed by atoms with Crippen molar-refractivity contribution in [2.24, 2.45) is 0 Å². The van der Waals surface area contributed by atoms with Gasteiger partial charge in [0, 0.05) is 6.20 Å². The van der Waals surface area contributed by atoms with Crippen LogP contribution in [0.15, 0.2) is 18.6 Å². The van der Waals surface area contributed by atoms with Crippen LogP contribution in [0.2, 0.25) is 0 Å². The van der Waals surface area contributed by atoms with Gasteiger partial charge in [0.05, 0.1) is 5.39 Å². The molecule has 0 radical (unpaired) electrons. The van der Waals surface area contributed by atoms with Crippen LogP contribution < -0.4 is 5.73 Å². The number of aromatic nitrogens is 3. The van der Waals surface area contributed by atoms with Gasteiger partial charge in [0.1, 0.15) is 24.4 Å². The normalized spacial score (nSPS) is 30.4. The lowest BCUT2D eigenvalue weighted by atomic mass is 9.93. The van der Waals surface area contributed by atoms with E-state index in [0.29, 0.717) is 0 Å². The Balaban J connectivity index is 1.90. The zero-order valence-corrected chi connectivity index (χ0v) is 20.0. The smallest absolute Gasteiger partial charge is 0.383 e. The molecule has 194 valence electrons. The average molecular weight is 562 g/mol. The van der Waals surface area contributed by atoms with Gasteiger partial charge in [0.2, 0.25) is 5.60 Å². The van der Waals surface area contributed by atoms with Crippen LogP contribution in [0.25, 0.3) is 11.0 Å². The predicted molar refractivity (Wildman–Crippen MR) is 110 cm³/mol. The summed E-state index contributed by atoms with van der Waals surface area (Å²) in [4.78, 5) is 43.6. The zero-order valence-electron chi connectivity index (χ0n) is 17.3. The van der Waals surface area contributed by atoms with Crippen molar-refractivity contribution in [3.8, 4) is 11.8 Å². The molecule has 0 aromatic carbocycles. The minimum absolute atomic E-state index is 0.0246. The maximum Gasteiger partial charge on any atom is 0.490 e. The van der Waals surface area contributed by atoms with E-state index in [0.717, 1.165) is 10.9 Å². The lowest BCUT2D eigenvalue weighted by Gasteiger charge is -2.27. The Bertz CT molecular complexity index is 1340. The first kappa shape index (κ1) is 27.8. The molecule has 0 bridgehead atoms. The molecule has 0 spiro atoms. The average Bonchev–Trinajstić information content (AvgIpc) is 3.19. The molecule has 1 aliphatic rings. The highest BCUT2D eigenvalue weighted by atomic mass is 31.3. The third kappa shape index (κ3) is 5.79. The Labute approximate surface area is 194 Å². The minimum atomic E-state index is -5.88. The van der Waals surface area contributed by atoms with Gasteiger partial charge in [-0.3, -0.25) is 4.52 Å². The van der Waals surface area contributed by atoms with Crippen molar-refractivity contribution in [2.75, 3.05) is 12.3 Å². The number of hydrogen-bond acceptors (Lipinski definition) is 12. The number of anilines is 1. The fourth-order valence-electron chi connectivity index (χ4n) is 3.17. The summed E-state index contributed by atoms with van der Waals surface area (Å²) in [5.41, 5.74) is 3.08. The summed E-state index contributed by atoms with van der Waals surface area (Å²) in [6.45, 7) is -0.460. The lowest BCUT2D eigenvalue weighted by Crippen LogP contribution is -2.50. The molecule has 21 heteroatoms. The Kier molecular flexibility index (Phi) is 7.35. The first-order valence-electron chi connectivity index (χ1n) is 8.99. The number of fused-ring (bicyclic) bond motifs is 1. The van der Waals surface area contributed by atoms with Crippen LogP contribution in [0.1, 0.15) is 13.2 Å². The van der Waals surface area contributed by atoms with Gasteiger partial charge in [0.15, 0.2) is 12.3 Å². The van der Waals surface area contributed by atoms with Crippen molar-refractivity contribution in [2.45, 2.75) is 30.7 Å². The lowest BCUT2D eigenvalue weighted by molar-refractivity contribution is -0.203. The third-order valence-electron chi connectivity index (χ3n) is 4.47. The fourth-order valence-corrected chi connectivity index (χ4v) is 6.20. The van der Waals surface area contributed by atoms with E-state index in [4.69, 9.17) is 20.3 Å². The van der Waals surface area contributed by atoms with Crippen molar-refractivity contribution in [3.63, 3.8) is 0 Å². The van der Waals surface area contributed by atoms with Gasteiger partial charge in [-0.05, 0) is 13.0 Å². The summed E-state index contributed by atoms with van der Waals surface area (Å²) >= 11 is 0. The summed E-state index contributed by atoms with van der Waals surface area (Å²) in [5.74, 6) is 1.01. The number of phosphoric acid groups is 3. The Hall–Kier alpha value is -1.80. The van der Waals surface area contributed by atoms with E-state index in [2.05, 4.69) is 35.0 Å². The van der Waals surface area contributed by atoms with Crippen LogP contribution in [0.4, 0.5) is 10.2 Å². The predicted octanol–water partition coefficient (Wildman–Crippen LogP) is -0.333. The van der Waals surface area contributed by atoms with Crippen LogP contribution in [-0.2, 0) is 31.6 Å². The van der Waals surface area contributed by atoms with Gasteiger partial charge in [-0.15, -0.1) is 5.92 Å². The molecule has 2 aromatic rings. The first-order valence-corrected chi connectivity index (χ1v) is 13.5. The molecule has 2 aromatic heterocycles. The first-order chi connectivity index (χ1) is 15.9. The maximum absolute atomic E-state index is 15.6. The fraction of sp³-hybridized carbons (Fsp3) is 0.429. The monoisotopic (exact) mass is 562 g/mol. The summed E-state index contributed by atoms with van der Waals surface area (Å²) in [5, 5.41) is 21.8. The van der Waals surface area contributed by atoms with Crippen LogP contribution in [0.5, 0.6) is 0 Å². The van der Waals surface area contributed by atoms with Crippen molar-refractivity contribution < 1.29 is 65.8 Å². The molecule has 35 heavy (non-hydrogen) atoms. The maximum atomic E-state index is 15.6. The van der Waals surface area contributed by atoms with Crippen LogP contribution >= 0.6 is 23.5 Å². The van der Waals surface area contributed by atoms with E-state index >= 15 is 4.39 Å². The second-order valence-electron chi connectivity index (χ2n) is 6.94. The molecule has 0 amide bonds. The number of aliphatic hydroxyl groups is 2. The molecule has 8 N–H and O–H groups in total. The summed E-state index contributed by atoms with van der Waals surface area (Å²) in [6.07, 6.45) is -2.10. The molecule has 0 aliphatic carbocycles. The highest BCUT2D eigenvalue weighted by molar-refractivity contribution is 7.66. The quantitative estimate of drug-likeness (QED) is 0.160. The molecule has 3 rings (SSSR count). The molecule has 1 fully saturated rings. The standard InChI is InChI=1S/C14H18FN4O13P3/c1-2-4-13(21)11(20)14(15,6-29-34(25,26)32-35(27,28)31-33(22,23)24)30-12(13)19-5-3-8-9(16)17-7-18-10(8)19/h3,5,7,11-12,20-21H,6H2,1H3,(H,25,26)(H,27,28)(H2,16,17,18)(H2,22,23,24)/t11-,12+,13+,14+/m0/s1. The molecule has 1 saturated heterocycles. The number of ether oxygens (including phenoxy) is 1. The summed E-state index contributed by atoms with van der Waals surface area (Å²) < 4.78 is 67.1. The SMILES string of the molecule is CC#C[C@]1(O)[C@H](n2ccc3c(N)ncnc32)O[C@](F)(COP(=O)(O)OP(=O)(O)OP(=O)(O)O)[C@H]1O.